The average Bonchev–Trinajstić information content (AvgIpc) is 3.34. The predicted molar refractivity (Wildman–Crippen MR) is 118 cm³/mol. The molecule has 0 aromatic carbocycles. The lowest BCUT2D eigenvalue weighted by molar-refractivity contribution is -0.158. The second-order valence-electron chi connectivity index (χ2n) is 12.3. The quantitative estimate of drug-likeness (QED) is 0.515. The highest BCUT2D eigenvalue weighted by atomic mass is 16.6. The predicted octanol–water partition coefficient (Wildman–Crippen LogP) is 4.81. The van der Waals surface area contributed by atoms with Gasteiger partial charge in [0.25, 0.3) is 0 Å². The Hall–Kier alpha value is -0.610. The first-order valence-electron chi connectivity index (χ1n) is 12.7. The van der Waals surface area contributed by atoms with Crippen LogP contribution < -0.4 is 5.32 Å². The zero-order chi connectivity index (χ0) is 21.3. The van der Waals surface area contributed by atoms with Crippen molar-refractivity contribution in [2.75, 3.05) is 13.7 Å². The van der Waals surface area contributed by atoms with Gasteiger partial charge in [0, 0.05) is 6.04 Å². The molecule has 1 saturated heterocycles. The molecule has 5 rings (SSSR count). The Balaban J connectivity index is 1.46. The fourth-order valence-corrected chi connectivity index (χ4v) is 8.99. The van der Waals surface area contributed by atoms with Crippen LogP contribution in [0.2, 0.25) is 0 Å². The van der Waals surface area contributed by atoms with Gasteiger partial charge in [-0.2, -0.15) is 0 Å². The summed E-state index contributed by atoms with van der Waals surface area (Å²) in [5.74, 6) is 3.79. The highest BCUT2D eigenvalue weighted by molar-refractivity contribution is 5.74. The Bertz CT molecular complexity index is 679. The lowest BCUT2D eigenvalue weighted by Gasteiger charge is -2.62. The zero-order valence-electron chi connectivity index (χ0n) is 19.8. The summed E-state index contributed by atoms with van der Waals surface area (Å²) >= 11 is 0. The van der Waals surface area contributed by atoms with Crippen molar-refractivity contribution in [3.63, 3.8) is 0 Å². The molecule has 0 aromatic rings. The smallest absolute Gasteiger partial charge is 0.309 e. The number of methoxy groups -OCH3 is 1. The fourth-order valence-electron chi connectivity index (χ4n) is 8.99. The fraction of sp³-hybridized carbons (Fsp3) is 0.962. The Morgan fingerprint density at radius 2 is 1.90 bits per heavy atom. The van der Waals surface area contributed by atoms with Crippen LogP contribution >= 0.6 is 0 Å². The first-order valence-corrected chi connectivity index (χ1v) is 12.7. The highest BCUT2D eigenvalue weighted by Gasteiger charge is 2.66. The lowest BCUT2D eigenvalue weighted by Crippen LogP contribution is -2.62. The summed E-state index contributed by atoms with van der Waals surface area (Å²) < 4.78 is 11.3. The van der Waals surface area contributed by atoms with Gasteiger partial charge in [-0.05, 0) is 98.3 Å². The molecule has 10 atom stereocenters. The van der Waals surface area contributed by atoms with Crippen molar-refractivity contribution in [1.82, 2.24) is 5.32 Å². The number of rotatable bonds is 5. The first kappa shape index (κ1) is 21.2. The van der Waals surface area contributed by atoms with Crippen LogP contribution in [0.4, 0.5) is 0 Å². The minimum atomic E-state index is 0.0335. The average molecular weight is 418 g/mol. The lowest BCUT2D eigenvalue weighted by atomic mass is 9.43. The van der Waals surface area contributed by atoms with Crippen molar-refractivity contribution in [3.05, 3.63) is 0 Å². The van der Waals surface area contributed by atoms with E-state index in [2.05, 4.69) is 33.0 Å². The second kappa shape index (κ2) is 7.47. The molecule has 0 amide bonds. The summed E-state index contributed by atoms with van der Waals surface area (Å²) in [4.78, 5) is 12.7. The van der Waals surface area contributed by atoms with E-state index in [9.17, 15) is 4.79 Å². The minimum absolute atomic E-state index is 0.0335. The van der Waals surface area contributed by atoms with E-state index in [1.54, 1.807) is 7.11 Å². The van der Waals surface area contributed by atoms with Crippen molar-refractivity contribution >= 4 is 5.97 Å². The van der Waals surface area contributed by atoms with Gasteiger partial charge >= 0.3 is 5.97 Å². The van der Waals surface area contributed by atoms with E-state index >= 15 is 0 Å². The van der Waals surface area contributed by atoms with Crippen LogP contribution in [-0.2, 0) is 14.3 Å². The number of epoxide rings is 1. The van der Waals surface area contributed by atoms with Crippen molar-refractivity contribution in [2.45, 2.75) is 97.3 Å². The number of fused-ring (bicyclic) bond motifs is 6. The largest absolute Gasteiger partial charge is 0.469 e. The van der Waals surface area contributed by atoms with E-state index in [-0.39, 0.29) is 17.3 Å². The van der Waals surface area contributed by atoms with Crippen LogP contribution in [-0.4, -0.2) is 37.9 Å². The molecular formula is C26H43NO3. The molecule has 1 heterocycles. The third kappa shape index (κ3) is 3.18. The molecule has 1 aliphatic heterocycles. The van der Waals surface area contributed by atoms with E-state index in [0.29, 0.717) is 29.6 Å². The van der Waals surface area contributed by atoms with Gasteiger partial charge in [0.15, 0.2) is 0 Å². The van der Waals surface area contributed by atoms with Crippen LogP contribution in [0.1, 0.15) is 79.1 Å². The molecule has 4 saturated carbocycles. The molecule has 1 N–H and O–H groups in total. The topological polar surface area (TPSA) is 50.9 Å². The maximum atomic E-state index is 12.7. The molecule has 4 aliphatic carbocycles. The van der Waals surface area contributed by atoms with Gasteiger partial charge in [-0.1, -0.05) is 27.7 Å². The summed E-state index contributed by atoms with van der Waals surface area (Å²) in [5, 5.41) is 4.06. The first-order chi connectivity index (χ1) is 14.3. The molecule has 30 heavy (non-hydrogen) atoms. The molecule has 5 unspecified atom stereocenters. The molecule has 170 valence electrons. The van der Waals surface area contributed by atoms with Crippen molar-refractivity contribution in [2.24, 2.45) is 46.3 Å². The molecule has 4 nitrogen and oxygen atoms in total. The Morgan fingerprint density at radius 3 is 2.63 bits per heavy atom. The van der Waals surface area contributed by atoms with Crippen LogP contribution in [0.5, 0.6) is 0 Å². The van der Waals surface area contributed by atoms with Crippen LogP contribution in [0.25, 0.3) is 0 Å². The standard InChI is InChI=1S/C26H43NO3/c1-15(2)10-11-27-20-13-26(4)18(8-9-19(26)24(28)29-5)17-7-6-16-12-21-22(30-21)14-25(16,3)23(17)20/h15-23,27H,6-14H2,1-5H3/t16?,17-,18-,19?,20?,21?,22?,23-,25-,26-/m0/s1. The molecule has 4 heteroatoms. The highest BCUT2D eigenvalue weighted by Crippen LogP contribution is 2.68. The molecule has 0 spiro atoms. The van der Waals surface area contributed by atoms with Crippen LogP contribution in [0, 0.1) is 46.3 Å². The number of esters is 1. The third-order valence-corrected chi connectivity index (χ3v) is 10.5. The summed E-state index contributed by atoms with van der Waals surface area (Å²) in [5.41, 5.74) is 0.473. The summed E-state index contributed by atoms with van der Waals surface area (Å²) in [6, 6.07) is 0.517. The summed E-state index contributed by atoms with van der Waals surface area (Å²) in [6.45, 7) is 10.8. The number of ether oxygens (including phenoxy) is 2. The van der Waals surface area contributed by atoms with Crippen LogP contribution in [0.3, 0.4) is 0 Å². The van der Waals surface area contributed by atoms with E-state index in [1.807, 2.05) is 0 Å². The monoisotopic (exact) mass is 417 g/mol. The van der Waals surface area contributed by atoms with Gasteiger partial charge in [0.2, 0.25) is 0 Å². The maximum Gasteiger partial charge on any atom is 0.309 e. The molecule has 5 fully saturated rings. The normalized spacial score (nSPS) is 51.5. The molecule has 0 radical (unpaired) electrons. The minimum Gasteiger partial charge on any atom is -0.469 e. The molecule has 0 bridgehead atoms. The Kier molecular flexibility index (Phi) is 5.29. The van der Waals surface area contributed by atoms with E-state index in [4.69, 9.17) is 9.47 Å². The van der Waals surface area contributed by atoms with Crippen molar-refractivity contribution in [3.8, 4) is 0 Å². The van der Waals surface area contributed by atoms with Gasteiger partial charge < -0.3 is 14.8 Å². The number of hydrogen-bond donors (Lipinski definition) is 1. The summed E-state index contributed by atoms with van der Waals surface area (Å²) in [7, 11) is 1.57. The second-order valence-corrected chi connectivity index (χ2v) is 12.3. The van der Waals surface area contributed by atoms with Gasteiger partial charge in [-0.25, -0.2) is 0 Å². The molecule has 0 aromatic heterocycles. The number of carbonyl (C=O) groups excluding carboxylic acids is 1. The van der Waals surface area contributed by atoms with Crippen molar-refractivity contribution in [1.29, 1.82) is 0 Å². The van der Waals surface area contributed by atoms with Crippen molar-refractivity contribution < 1.29 is 14.3 Å². The SMILES string of the molecule is COC(=O)C1CC[C@H]2[C@@H]3CCC4CC5OC5C[C@]4(C)[C@@H]3C(NCCC(C)C)C[C@]12C. The molecule has 5 aliphatic rings. The van der Waals surface area contributed by atoms with E-state index < -0.39 is 0 Å². The number of carbonyl (C=O) groups is 1. The number of hydrogen-bond acceptors (Lipinski definition) is 4. The Labute approximate surface area is 183 Å². The number of nitrogens with one attached hydrogen (secondary N) is 1. The molecular weight excluding hydrogens is 374 g/mol. The van der Waals surface area contributed by atoms with Crippen LogP contribution in [0.15, 0.2) is 0 Å². The van der Waals surface area contributed by atoms with E-state index in [1.165, 1.54) is 38.5 Å². The third-order valence-electron chi connectivity index (χ3n) is 10.5. The van der Waals surface area contributed by atoms with Gasteiger partial charge in [0.1, 0.15) is 0 Å². The van der Waals surface area contributed by atoms with Gasteiger partial charge in [-0.3, -0.25) is 4.79 Å². The van der Waals surface area contributed by atoms with Gasteiger partial charge in [0.05, 0.1) is 25.2 Å². The maximum absolute atomic E-state index is 12.7. The summed E-state index contributed by atoms with van der Waals surface area (Å²) in [6.07, 6.45) is 10.9. The van der Waals surface area contributed by atoms with E-state index in [0.717, 1.165) is 43.1 Å². The van der Waals surface area contributed by atoms with Gasteiger partial charge in [-0.15, -0.1) is 0 Å². The Morgan fingerprint density at radius 1 is 1.10 bits per heavy atom. The zero-order valence-corrected chi connectivity index (χ0v) is 19.8.